The molecule has 2 atom stereocenters. The molecule has 3 aromatic carbocycles. The molecule has 0 aliphatic heterocycles. The van der Waals surface area contributed by atoms with Crippen molar-refractivity contribution in [2.24, 2.45) is 5.92 Å². The maximum atomic E-state index is 15.0. The fourth-order valence-electron chi connectivity index (χ4n) is 5.20. The molecule has 0 amide bonds. The molecule has 2 unspecified atom stereocenters. The van der Waals surface area contributed by atoms with E-state index in [0.29, 0.717) is 49.8 Å². The van der Waals surface area contributed by atoms with Gasteiger partial charge in [0.15, 0.2) is 23.2 Å². The summed E-state index contributed by atoms with van der Waals surface area (Å²) in [5.74, 6) is -1.59. The number of hydrogen-bond acceptors (Lipinski definition) is 2. The number of aliphatic hydroxyl groups excluding tert-OH is 1. The standard InChI is InChI=1S/C34H37F3O2/c1-3-5-21-39-32-20-18-28(22-30(32)35)24-10-7-23(8-11-24)9-12-27-17-19-29(34(37)33(27)36)25-13-15-26(16-14-25)31(38)6-4-2/h3,7-8,10-11,13,17-20,22,26,31,38H,1,4-6,9,12,14-16,21H2,2H3. The van der Waals surface area contributed by atoms with Crippen LogP contribution < -0.4 is 4.74 Å². The van der Waals surface area contributed by atoms with E-state index in [9.17, 15) is 13.9 Å². The maximum Gasteiger partial charge on any atom is 0.166 e. The quantitative estimate of drug-likeness (QED) is 0.186. The predicted molar refractivity (Wildman–Crippen MR) is 152 cm³/mol. The summed E-state index contributed by atoms with van der Waals surface area (Å²) in [5, 5.41) is 10.3. The second kappa shape index (κ2) is 13.7. The fraction of sp³-hybridized carbons (Fsp3) is 0.353. The van der Waals surface area contributed by atoms with Crippen molar-refractivity contribution in [2.45, 2.75) is 64.4 Å². The van der Waals surface area contributed by atoms with Crippen LogP contribution in [0.1, 0.15) is 62.1 Å². The van der Waals surface area contributed by atoms with Crippen LogP contribution in [0.4, 0.5) is 13.2 Å². The van der Waals surface area contributed by atoms with Crippen molar-refractivity contribution in [3.05, 3.63) is 107 Å². The van der Waals surface area contributed by atoms with Gasteiger partial charge in [-0.25, -0.2) is 13.2 Å². The van der Waals surface area contributed by atoms with Gasteiger partial charge in [0.2, 0.25) is 0 Å². The van der Waals surface area contributed by atoms with Crippen LogP contribution >= 0.6 is 0 Å². The zero-order valence-electron chi connectivity index (χ0n) is 22.6. The van der Waals surface area contributed by atoms with Gasteiger partial charge in [-0.05, 0) is 90.8 Å². The molecule has 4 rings (SSSR count). The number of allylic oxidation sites excluding steroid dienone is 2. The van der Waals surface area contributed by atoms with Crippen molar-refractivity contribution < 1.29 is 23.0 Å². The summed E-state index contributed by atoms with van der Waals surface area (Å²) in [6.07, 6.45) is 8.74. The zero-order valence-corrected chi connectivity index (χ0v) is 22.6. The van der Waals surface area contributed by atoms with Gasteiger partial charge >= 0.3 is 0 Å². The average Bonchev–Trinajstić information content (AvgIpc) is 2.95. The van der Waals surface area contributed by atoms with Crippen LogP contribution in [-0.4, -0.2) is 17.8 Å². The molecule has 5 heteroatoms. The Bertz CT molecular complexity index is 1300. The van der Waals surface area contributed by atoms with Crippen LogP contribution in [0.3, 0.4) is 0 Å². The van der Waals surface area contributed by atoms with Crippen LogP contribution in [0.25, 0.3) is 16.7 Å². The molecule has 3 aromatic rings. The Morgan fingerprint density at radius 1 is 1.00 bits per heavy atom. The van der Waals surface area contributed by atoms with Crippen molar-refractivity contribution in [1.29, 1.82) is 0 Å². The van der Waals surface area contributed by atoms with E-state index in [1.54, 1.807) is 24.3 Å². The Balaban J connectivity index is 1.37. The molecule has 1 aliphatic rings. The van der Waals surface area contributed by atoms with Crippen LogP contribution in [0.5, 0.6) is 5.75 Å². The van der Waals surface area contributed by atoms with Gasteiger partial charge in [-0.3, -0.25) is 0 Å². The molecule has 0 saturated carbocycles. The fourth-order valence-corrected chi connectivity index (χ4v) is 5.20. The average molecular weight is 535 g/mol. The highest BCUT2D eigenvalue weighted by Crippen LogP contribution is 2.35. The first-order valence-corrected chi connectivity index (χ1v) is 13.9. The largest absolute Gasteiger partial charge is 0.490 e. The number of hydrogen-bond donors (Lipinski definition) is 1. The van der Waals surface area contributed by atoms with E-state index >= 15 is 4.39 Å². The van der Waals surface area contributed by atoms with E-state index in [1.807, 2.05) is 43.3 Å². The molecule has 0 spiro atoms. The number of rotatable bonds is 12. The van der Waals surface area contributed by atoms with E-state index in [-0.39, 0.29) is 17.8 Å². The van der Waals surface area contributed by atoms with Crippen molar-refractivity contribution in [3.8, 4) is 16.9 Å². The van der Waals surface area contributed by atoms with Crippen LogP contribution in [0.2, 0.25) is 0 Å². The molecular weight excluding hydrogens is 497 g/mol. The van der Waals surface area contributed by atoms with Gasteiger partial charge < -0.3 is 9.84 Å². The van der Waals surface area contributed by atoms with Gasteiger partial charge in [-0.2, -0.15) is 0 Å². The van der Waals surface area contributed by atoms with E-state index < -0.39 is 17.5 Å². The first-order valence-electron chi connectivity index (χ1n) is 13.9. The van der Waals surface area contributed by atoms with E-state index in [4.69, 9.17) is 4.74 Å². The highest BCUT2D eigenvalue weighted by molar-refractivity contribution is 5.67. The van der Waals surface area contributed by atoms with E-state index in [1.165, 1.54) is 6.07 Å². The van der Waals surface area contributed by atoms with Gasteiger partial charge in [0.25, 0.3) is 0 Å². The minimum atomic E-state index is -0.791. The van der Waals surface area contributed by atoms with Crippen molar-refractivity contribution in [1.82, 2.24) is 0 Å². The second-order valence-electron chi connectivity index (χ2n) is 10.3. The molecule has 39 heavy (non-hydrogen) atoms. The lowest BCUT2D eigenvalue weighted by atomic mass is 9.82. The summed E-state index contributed by atoms with van der Waals surface area (Å²) in [6, 6.07) is 15.9. The Morgan fingerprint density at radius 2 is 1.77 bits per heavy atom. The van der Waals surface area contributed by atoms with E-state index in [2.05, 4.69) is 6.58 Å². The molecule has 206 valence electrons. The number of aliphatic hydroxyl groups is 1. The third-order valence-electron chi connectivity index (χ3n) is 7.57. The van der Waals surface area contributed by atoms with Gasteiger partial charge in [-0.1, -0.05) is 68.0 Å². The highest BCUT2D eigenvalue weighted by atomic mass is 19.2. The third-order valence-corrected chi connectivity index (χ3v) is 7.57. The number of ether oxygens (including phenoxy) is 1. The Labute approximate surface area is 229 Å². The van der Waals surface area contributed by atoms with Crippen LogP contribution in [0.15, 0.2) is 73.3 Å². The molecular formula is C34H37F3O2. The molecule has 0 aromatic heterocycles. The predicted octanol–water partition coefficient (Wildman–Crippen LogP) is 8.86. The number of halogens is 3. The summed E-state index contributed by atoms with van der Waals surface area (Å²) in [4.78, 5) is 0. The molecule has 2 nitrogen and oxygen atoms in total. The summed E-state index contributed by atoms with van der Waals surface area (Å²) < 4.78 is 49.9. The minimum Gasteiger partial charge on any atom is -0.490 e. The first-order chi connectivity index (χ1) is 18.9. The molecule has 0 heterocycles. The summed E-state index contributed by atoms with van der Waals surface area (Å²) in [5.41, 5.74) is 4.08. The number of benzene rings is 3. The molecule has 0 bridgehead atoms. The first kappa shape index (κ1) is 28.7. The second-order valence-corrected chi connectivity index (χ2v) is 10.3. The molecule has 0 fully saturated rings. The normalized spacial score (nSPS) is 16.0. The summed E-state index contributed by atoms with van der Waals surface area (Å²) in [6.45, 7) is 6.06. The van der Waals surface area contributed by atoms with Gasteiger partial charge in [0, 0.05) is 5.56 Å². The maximum absolute atomic E-state index is 15.0. The van der Waals surface area contributed by atoms with Crippen LogP contribution in [0, 0.1) is 23.4 Å². The minimum absolute atomic E-state index is 0.187. The Hall–Kier alpha value is -3.31. The van der Waals surface area contributed by atoms with Crippen LogP contribution in [-0.2, 0) is 12.8 Å². The lowest BCUT2D eigenvalue weighted by molar-refractivity contribution is 0.0934. The van der Waals surface area contributed by atoms with E-state index in [0.717, 1.165) is 41.5 Å². The monoisotopic (exact) mass is 534 g/mol. The van der Waals surface area contributed by atoms with Crippen molar-refractivity contribution in [2.75, 3.05) is 6.61 Å². The van der Waals surface area contributed by atoms with Crippen molar-refractivity contribution >= 4 is 5.57 Å². The summed E-state index contributed by atoms with van der Waals surface area (Å²) in [7, 11) is 0. The van der Waals surface area contributed by atoms with Crippen molar-refractivity contribution in [3.63, 3.8) is 0 Å². The highest BCUT2D eigenvalue weighted by Gasteiger charge is 2.24. The smallest absolute Gasteiger partial charge is 0.166 e. The SMILES string of the molecule is C=CCCOc1ccc(-c2ccc(CCc3ccc(C4=CCC(C(O)CCC)CC4)c(F)c3F)cc2)cc1F. The van der Waals surface area contributed by atoms with Gasteiger partial charge in [0.05, 0.1) is 12.7 Å². The third kappa shape index (κ3) is 7.21. The lowest BCUT2D eigenvalue weighted by Gasteiger charge is -2.26. The van der Waals surface area contributed by atoms with Gasteiger partial charge in [0.1, 0.15) is 0 Å². The lowest BCUT2D eigenvalue weighted by Crippen LogP contribution is -2.22. The number of aryl methyl sites for hydroxylation is 2. The molecule has 1 N–H and O–H groups in total. The molecule has 0 saturated heterocycles. The Kier molecular flexibility index (Phi) is 10.0. The topological polar surface area (TPSA) is 29.5 Å². The zero-order chi connectivity index (χ0) is 27.8. The van der Waals surface area contributed by atoms with Gasteiger partial charge in [-0.15, -0.1) is 6.58 Å². The summed E-state index contributed by atoms with van der Waals surface area (Å²) >= 11 is 0. The molecule has 1 aliphatic carbocycles. The Morgan fingerprint density at radius 3 is 2.44 bits per heavy atom. The molecule has 0 radical (unpaired) electrons.